The van der Waals surface area contributed by atoms with Crippen molar-refractivity contribution in [2.75, 3.05) is 12.8 Å². The SMILES string of the molecule is COc1ccc(-c2noc(-c3ccc(Cl)cc3Cl)n2)cc1N. The molecule has 3 aromatic rings. The molecule has 0 spiro atoms. The van der Waals surface area contributed by atoms with Crippen LogP contribution >= 0.6 is 23.2 Å². The quantitative estimate of drug-likeness (QED) is 0.722. The lowest BCUT2D eigenvalue weighted by Crippen LogP contribution is -1.93. The Morgan fingerprint density at radius 2 is 1.95 bits per heavy atom. The molecule has 0 amide bonds. The van der Waals surface area contributed by atoms with E-state index in [1.807, 2.05) is 0 Å². The zero-order chi connectivity index (χ0) is 15.7. The molecule has 1 heterocycles. The van der Waals surface area contributed by atoms with Gasteiger partial charge in [0.1, 0.15) is 5.75 Å². The lowest BCUT2D eigenvalue weighted by atomic mass is 10.2. The maximum atomic E-state index is 6.14. The molecule has 0 bridgehead atoms. The highest BCUT2D eigenvalue weighted by Crippen LogP contribution is 2.32. The van der Waals surface area contributed by atoms with Crippen LogP contribution in [0.5, 0.6) is 5.75 Å². The van der Waals surface area contributed by atoms with Gasteiger partial charge in [0.25, 0.3) is 5.89 Å². The van der Waals surface area contributed by atoms with Gasteiger partial charge in [-0.2, -0.15) is 4.98 Å². The number of hydrogen-bond acceptors (Lipinski definition) is 5. The summed E-state index contributed by atoms with van der Waals surface area (Å²) in [6.07, 6.45) is 0. The summed E-state index contributed by atoms with van der Waals surface area (Å²) in [4.78, 5) is 4.34. The number of hydrogen-bond donors (Lipinski definition) is 1. The number of nitrogens with two attached hydrogens (primary N) is 1. The highest BCUT2D eigenvalue weighted by molar-refractivity contribution is 6.36. The Morgan fingerprint density at radius 3 is 2.64 bits per heavy atom. The molecule has 2 N–H and O–H groups in total. The molecule has 7 heteroatoms. The predicted molar refractivity (Wildman–Crippen MR) is 86.2 cm³/mol. The standard InChI is InChI=1S/C15H11Cl2N3O2/c1-21-13-5-2-8(6-12(13)18)14-19-15(22-20-14)10-4-3-9(16)7-11(10)17/h2-7H,18H2,1H3. The van der Waals surface area contributed by atoms with Gasteiger partial charge in [-0.05, 0) is 36.4 Å². The lowest BCUT2D eigenvalue weighted by molar-refractivity contribution is 0.417. The van der Waals surface area contributed by atoms with Gasteiger partial charge in [-0.15, -0.1) is 0 Å². The summed E-state index contributed by atoms with van der Waals surface area (Å²) in [6.45, 7) is 0. The van der Waals surface area contributed by atoms with Crippen LogP contribution in [0, 0.1) is 0 Å². The third kappa shape index (κ3) is 2.73. The van der Waals surface area contributed by atoms with Gasteiger partial charge in [0.05, 0.1) is 23.4 Å². The molecule has 3 rings (SSSR count). The van der Waals surface area contributed by atoms with E-state index in [9.17, 15) is 0 Å². The van der Waals surface area contributed by atoms with Crippen molar-refractivity contribution in [1.82, 2.24) is 10.1 Å². The first-order valence-electron chi connectivity index (χ1n) is 6.31. The van der Waals surface area contributed by atoms with Crippen LogP contribution in [0.25, 0.3) is 22.8 Å². The van der Waals surface area contributed by atoms with Crippen LogP contribution in [0.2, 0.25) is 10.0 Å². The second kappa shape index (κ2) is 5.87. The van der Waals surface area contributed by atoms with Gasteiger partial charge in [0, 0.05) is 10.6 Å². The normalized spacial score (nSPS) is 10.7. The lowest BCUT2D eigenvalue weighted by Gasteiger charge is -2.04. The van der Waals surface area contributed by atoms with Crippen molar-refractivity contribution in [3.8, 4) is 28.6 Å². The zero-order valence-electron chi connectivity index (χ0n) is 11.5. The molecule has 0 aliphatic rings. The molecule has 0 unspecified atom stereocenters. The number of methoxy groups -OCH3 is 1. The van der Waals surface area contributed by atoms with E-state index in [1.54, 1.807) is 43.5 Å². The molecule has 5 nitrogen and oxygen atoms in total. The fraction of sp³-hybridized carbons (Fsp3) is 0.0667. The Bertz CT molecular complexity index is 833. The highest BCUT2D eigenvalue weighted by Gasteiger charge is 2.14. The van der Waals surface area contributed by atoms with E-state index in [4.69, 9.17) is 38.2 Å². The Labute approximate surface area is 136 Å². The molecule has 0 aliphatic heterocycles. The first-order chi connectivity index (χ1) is 10.6. The molecule has 0 aliphatic carbocycles. The van der Waals surface area contributed by atoms with Crippen LogP contribution in [0.4, 0.5) is 5.69 Å². The first-order valence-corrected chi connectivity index (χ1v) is 7.07. The van der Waals surface area contributed by atoms with Crippen molar-refractivity contribution >= 4 is 28.9 Å². The van der Waals surface area contributed by atoms with Gasteiger partial charge in [-0.25, -0.2) is 0 Å². The molecule has 0 saturated carbocycles. The van der Waals surface area contributed by atoms with Gasteiger partial charge in [-0.1, -0.05) is 28.4 Å². The highest BCUT2D eigenvalue weighted by atomic mass is 35.5. The van der Waals surface area contributed by atoms with Crippen LogP contribution in [-0.2, 0) is 0 Å². The summed E-state index contributed by atoms with van der Waals surface area (Å²) in [5.74, 6) is 1.31. The summed E-state index contributed by atoms with van der Waals surface area (Å²) in [6, 6.07) is 10.3. The van der Waals surface area contributed by atoms with Crippen LogP contribution in [-0.4, -0.2) is 17.3 Å². The van der Waals surface area contributed by atoms with Crippen molar-refractivity contribution < 1.29 is 9.26 Å². The number of nitrogen functional groups attached to an aromatic ring is 1. The molecule has 2 aromatic carbocycles. The smallest absolute Gasteiger partial charge is 0.259 e. The number of nitrogens with zero attached hydrogens (tertiary/aromatic N) is 2. The summed E-state index contributed by atoms with van der Waals surface area (Å²) in [5.41, 5.74) is 7.71. The minimum Gasteiger partial charge on any atom is -0.495 e. The number of anilines is 1. The van der Waals surface area contributed by atoms with Crippen molar-refractivity contribution in [1.29, 1.82) is 0 Å². The second-order valence-corrected chi connectivity index (χ2v) is 5.35. The summed E-state index contributed by atoms with van der Waals surface area (Å²) >= 11 is 12.0. The van der Waals surface area contributed by atoms with E-state index < -0.39 is 0 Å². The summed E-state index contributed by atoms with van der Waals surface area (Å²) in [5, 5.41) is 4.93. The molecule has 112 valence electrons. The van der Waals surface area contributed by atoms with Gasteiger partial charge >= 0.3 is 0 Å². The fourth-order valence-corrected chi connectivity index (χ4v) is 2.48. The average molecular weight is 336 g/mol. The molecule has 0 atom stereocenters. The zero-order valence-corrected chi connectivity index (χ0v) is 13.0. The monoisotopic (exact) mass is 335 g/mol. The molecule has 0 radical (unpaired) electrons. The van der Waals surface area contributed by atoms with Crippen molar-refractivity contribution in [2.45, 2.75) is 0 Å². The number of benzene rings is 2. The molecular weight excluding hydrogens is 325 g/mol. The van der Waals surface area contributed by atoms with Crippen molar-refractivity contribution in [2.24, 2.45) is 0 Å². The van der Waals surface area contributed by atoms with Gasteiger partial charge in [-0.3, -0.25) is 0 Å². The first kappa shape index (κ1) is 14.7. The van der Waals surface area contributed by atoms with E-state index in [0.717, 1.165) is 5.56 Å². The van der Waals surface area contributed by atoms with Crippen molar-refractivity contribution in [3.63, 3.8) is 0 Å². The Balaban J connectivity index is 1.98. The predicted octanol–water partition coefficient (Wildman–Crippen LogP) is 4.30. The Kier molecular flexibility index (Phi) is 3.92. The number of rotatable bonds is 3. The van der Waals surface area contributed by atoms with Crippen LogP contribution in [0.15, 0.2) is 40.9 Å². The number of halogens is 2. The number of ether oxygens (including phenoxy) is 1. The third-order valence-corrected chi connectivity index (χ3v) is 3.62. The molecule has 1 aromatic heterocycles. The topological polar surface area (TPSA) is 74.2 Å². The molecule has 0 fully saturated rings. The van der Waals surface area contributed by atoms with E-state index in [1.165, 1.54) is 0 Å². The van der Waals surface area contributed by atoms with E-state index in [0.29, 0.717) is 38.8 Å². The van der Waals surface area contributed by atoms with Gasteiger partial charge in [0.15, 0.2) is 0 Å². The fourth-order valence-electron chi connectivity index (χ4n) is 1.99. The Morgan fingerprint density at radius 1 is 1.14 bits per heavy atom. The minimum absolute atomic E-state index is 0.311. The van der Waals surface area contributed by atoms with E-state index in [-0.39, 0.29) is 0 Å². The van der Waals surface area contributed by atoms with Gasteiger partial charge < -0.3 is 15.0 Å². The molecule has 0 saturated heterocycles. The average Bonchev–Trinajstić information content (AvgIpc) is 2.96. The van der Waals surface area contributed by atoms with Crippen LogP contribution < -0.4 is 10.5 Å². The van der Waals surface area contributed by atoms with Gasteiger partial charge in [0.2, 0.25) is 5.82 Å². The third-order valence-electron chi connectivity index (χ3n) is 3.08. The maximum absolute atomic E-state index is 6.14. The summed E-state index contributed by atoms with van der Waals surface area (Å²) < 4.78 is 10.4. The van der Waals surface area contributed by atoms with Crippen molar-refractivity contribution in [3.05, 3.63) is 46.4 Å². The molecular formula is C15H11Cl2N3O2. The maximum Gasteiger partial charge on any atom is 0.259 e. The van der Waals surface area contributed by atoms with E-state index in [2.05, 4.69) is 10.1 Å². The second-order valence-electron chi connectivity index (χ2n) is 4.50. The Hall–Kier alpha value is -2.24. The van der Waals surface area contributed by atoms with Crippen LogP contribution in [0.3, 0.4) is 0 Å². The van der Waals surface area contributed by atoms with E-state index >= 15 is 0 Å². The number of aromatic nitrogens is 2. The minimum atomic E-state index is 0.311. The van der Waals surface area contributed by atoms with Crippen LogP contribution in [0.1, 0.15) is 0 Å². The molecule has 22 heavy (non-hydrogen) atoms. The largest absolute Gasteiger partial charge is 0.495 e. The summed E-state index contributed by atoms with van der Waals surface area (Å²) in [7, 11) is 1.56.